The highest BCUT2D eigenvalue weighted by Crippen LogP contribution is 2.15. The fourth-order valence-corrected chi connectivity index (χ4v) is 2.10. The van der Waals surface area contributed by atoms with Gasteiger partial charge in [-0.3, -0.25) is 4.79 Å². The fraction of sp³-hybridized carbons (Fsp3) is 0.909. The van der Waals surface area contributed by atoms with Gasteiger partial charge in [-0.25, -0.2) is 0 Å². The quantitative estimate of drug-likeness (QED) is 0.688. The molecule has 1 unspecified atom stereocenters. The maximum Gasteiger partial charge on any atom is 0.303 e. The molecule has 0 radical (unpaired) electrons. The zero-order valence-corrected chi connectivity index (χ0v) is 9.04. The molecule has 3 nitrogen and oxygen atoms in total. The first-order valence-corrected chi connectivity index (χ1v) is 5.62. The van der Waals surface area contributed by atoms with E-state index in [1.165, 1.54) is 25.9 Å². The zero-order chi connectivity index (χ0) is 10.4. The van der Waals surface area contributed by atoms with Gasteiger partial charge in [0.25, 0.3) is 0 Å². The Morgan fingerprint density at radius 3 is 2.93 bits per heavy atom. The van der Waals surface area contributed by atoms with Crippen molar-refractivity contribution in [3.05, 3.63) is 0 Å². The molecule has 82 valence electrons. The van der Waals surface area contributed by atoms with Crippen molar-refractivity contribution in [1.29, 1.82) is 0 Å². The summed E-state index contributed by atoms with van der Waals surface area (Å²) in [6, 6.07) is 0. The van der Waals surface area contributed by atoms with Gasteiger partial charge in [-0.05, 0) is 44.7 Å². The maximum atomic E-state index is 10.3. The number of hydrogen-bond acceptors (Lipinski definition) is 2. The minimum absolute atomic E-state index is 0.323. The summed E-state index contributed by atoms with van der Waals surface area (Å²) >= 11 is 0. The monoisotopic (exact) mass is 199 g/mol. The van der Waals surface area contributed by atoms with Crippen molar-refractivity contribution >= 4 is 5.97 Å². The van der Waals surface area contributed by atoms with Crippen LogP contribution in [0.15, 0.2) is 0 Å². The average molecular weight is 199 g/mol. The molecular formula is C11H21NO2. The van der Waals surface area contributed by atoms with Crippen LogP contribution in [0.4, 0.5) is 0 Å². The van der Waals surface area contributed by atoms with Gasteiger partial charge in [0.05, 0.1) is 0 Å². The third-order valence-corrected chi connectivity index (χ3v) is 2.86. The van der Waals surface area contributed by atoms with Gasteiger partial charge in [-0.2, -0.15) is 0 Å². The van der Waals surface area contributed by atoms with Crippen molar-refractivity contribution in [1.82, 2.24) is 4.90 Å². The van der Waals surface area contributed by atoms with E-state index >= 15 is 0 Å². The minimum Gasteiger partial charge on any atom is -0.481 e. The number of unbranched alkanes of at least 4 members (excludes halogenated alkanes) is 1. The molecule has 1 saturated heterocycles. The Labute approximate surface area is 86.1 Å². The van der Waals surface area contributed by atoms with Crippen molar-refractivity contribution in [3.8, 4) is 0 Å². The van der Waals surface area contributed by atoms with Crippen LogP contribution in [0.2, 0.25) is 0 Å². The van der Waals surface area contributed by atoms with Gasteiger partial charge in [0, 0.05) is 13.0 Å². The summed E-state index contributed by atoms with van der Waals surface area (Å²) in [6.07, 6.45) is 4.83. The summed E-state index contributed by atoms with van der Waals surface area (Å²) in [5, 5.41) is 8.48. The van der Waals surface area contributed by atoms with Gasteiger partial charge in [0.1, 0.15) is 0 Å². The van der Waals surface area contributed by atoms with Gasteiger partial charge in [0.2, 0.25) is 0 Å². The highest BCUT2D eigenvalue weighted by molar-refractivity contribution is 5.66. The molecule has 0 bridgehead atoms. The Hall–Kier alpha value is -0.570. The number of hydrogen-bond donors (Lipinski definition) is 1. The molecule has 14 heavy (non-hydrogen) atoms. The lowest BCUT2D eigenvalue weighted by atomic mass is 10.00. The number of rotatable bonds is 5. The molecule has 1 fully saturated rings. The van der Waals surface area contributed by atoms with Gasteiger partial charge in [-0.15, -0.1) is 0 Å². The highest BCUT2D eigenvalue weighted by atomic mass is 16.4. The zero-order valence-electron chi connectivity index (χ0n) is 9.04. The topological polar surface area (TPSA) is 40.5 Å². The normalized spacial score (nSPS) is 23.6. The van der Waals surface area contributed by atoms with Crippen LogP contribution in [0, 0.1) is 5.92 Å². The summed E-state index contributed by atoms with van der Waals surface area (Å²) < 4.78 is 0. The molecule has 3 heteroatoms. The van der Waals surface area contributed by atoms with E-state index in [0.717, 1.165) is 25.3 Å². The van der Waals surface area contributed by atoms with Crippen LogP contribution in [0.1, 0.15) is 39.0 Å². The highest BCUT2D eigenvalue weighted by Gasteiger charge is 2.15. The third-order valence-electron chi connectivity index (χ3n) is 2.86. The molecule has 0 spiro atoms. The van der Waals surface area contributed by atoms with Gasteiger partial charge >= 0.3 is 5.97 Å². The molecule has 1 heterocycles. The van der Waals surface area contributed by atoms with Crippen LogP contribution in [0.25, 0.3) is 0 Å². The summed E-state index contributed by atoms with van der Waals surface area (Å²) in [4.78, 5) is 12.8. The summed E-state index contributed by atoms with van der Waals surface area (Å²) in [6.45, 7) is 5.78. The molecule has 1 atom stereocenters. The fourth-order valence-electron chi connectivity index (χ4n) is 2.10. The van der Waals surface area contributed by atoms with E-state index in [-0.39, 0.29) is 0 Å². The molecule has 1 N–H and O–H groups in total. The molecule has 0 aliphatic carbocycles. The van der Waals surface area contributed by atoms with E-state index < -0.39 is 5.97 Å². The van der Waals surface area contributed by atoms with Crippen LogP contribution in [-0.4, -0.2) is 35.6 Å². The lowest BCUT2D eigenvalue weighted by Gasteiger charge is -2.30. The third kappa shape index (κ3) is 4.61. The lowest BCUT2D eigenvalue weighted by Crippen LogP contribution is -2.34. The Bertz CT molecular complexity index is 182. The number of carboxylic acid groups (broad SMARTS) is 1. The Kier molecular flexibility index (Phi) is 4.94. The SMILES string of the molecule is CC1CCCN(CCCCC(=O)O)C1. The molecule has 0 aromatic heterocycles. The van der Waals surface area contributed by atoms with E-state index in [4.69, 9.17) is 5.11 Å². The number of carboxylic acids is 1. The van der Waals surface area contributed by atoms with E-state index in [1.54, 1.807) is 0 Å². The van der Waals surface area contributed by atoms with Crippen molar-refractivity contribution in [2.24, 2.45) is 5.92 Å². The van der Waals surface area contributed by atoms with Crippen LogP contribution in [-0.2, 0) is 4.79 Å². The number of likely N-dealkylation sites (tertiary alicyclic amines) is 1. The van der Waals surface area contributed by atoms with Crippen molar-refractivity contribution in [2.45, 2.75) is 39.0 Å². The Morgan fingerprint density at radius 1 is 1.50 bits per heavy atom. The van der Waals surface area contributed by atoms with E-state index in [9.17, 15) is 4.79 Å². The maximum absolute atomic E-state index is 10.3. The minimum atomic E-state index is -0.669. The first kappa shape index (κ1) is 11.5. The van der Waals surface area contributed by atoms with Gasteiger partial charge in [-0.1, -0.05) is 6.92 Å². The van der Waals surface area contributed by atoms with Crippen LogP contribution < -0.4 is 0 Å². The molecule has 0 amide bonds. The molecular weight excluding hydrogens is 178 g/mol. The second-order valence-electron chi connectivity index (χ2n) is 4.40. The average Bonchev–Trinajstić information content (AvgIpc) is 2.12. The molecule has 0 aromatic carbocycles. The molecule has 0 aromatic rings. The van der Waals surface area contributed by atoms with E-state index in [0.29, 0.717) is 6.42 Å². The summed E-state index contributed by atoms with van der Waals surface area (Å²) in [5.74, 6) is 0.153. The molecule has 0 saturated carbocycles. The standard InChI is InChI=1S/C11H21NO2/c1-10-5-4-8-12(9-10)7-3-2-6-11(13)14/h10H,2-9H2,1H3,(H,13,14). The Balaban J connectivity index is 2.03. The van der Waals surface area contributed by atoms with Crippen molar-refractivity contribution in [3.63, 3.8) is 0 Å². The van der Waals surface area contributed by atoms with Gasteiger partial charge in [0.15, 0.2) is 0 Å². The molecule has 1 aliphatic heterocycles. The van der Waals surface area contributed by atoms with Crippen LogP contribution in [0.5, 0.6) is 0 Å². The summed E-state index contributed by atoms with van der Waals surface area (Å²) in [7, 11) is 0. The van der Waals surface area contributed by atoms with E-state index in [1.807, 2.05) is 0 Å². The van der Waals surface area contributed by atoms with Crippen molar-refractivity contribution in [2.75, 3.05) is 19.6 Å². The van der Waals surface area contributed by atoms with Crippen molar-refractivity contribution < 1.29 is 9.90 Å². The second kappa shape index (κ2) is 6.02. The number of piperidine rings is 1. The molecule has 1 rings (SSSR count). The lowest BCUT2D eigenvalue weighted by molar-refractivity contribution is -0.137. The predicted octanol–water partition coefficient (Wildman–Crippen LogP) is 1.97. The second-order valence-corrected chi connectivity index (χ2v) is 4.40. The number of aliphatic carboxylic acids is 1. The first-order valence-electron chi connectivity index (χ1n) is 5.62. The number of nitrogens with zero attached hydrogens (tertiary/aromatic N) is 1. The smallest absolute Gasteiger partial charge is 0.303 e. The van der Waals surface area contributed by atoms with E-state index in [2.05, 4.69) is 11.8 Å². The Morgan fingerprint density at radius 2 is 2.29 bits per heavy atom. The summed E-state index contributed by atoms with van der Waals surface area (Å²) in [5.41, 5.74) is 0. The van der Waals surface area contributed by atoms with Gasteiger partial charge < -0.3 is 10.0 Å². The largest absolute Gasteiger partial charge is 0.481 e. The number of carbonyl (C=O) groups is 1. The first-order chi connectivity index (χ1) is 6.68. The van der Waals surface area contributed by atoms with Crippen LogP contribution >= 0.6 is 0 Å². The van der Waals surface area contributed by atoms with Crippen LogP contribution in [0.3, 0.4) is 0 Å². The predicted molar refractivity (Wildman–Crippen MR) is 56.3 cm³/mol. The molecule has 1 aliphatic rings.